The van der Waals surface area contributed by atoms with Crippen LogP contribution in [0.25, 0.3) is 0 Å². The van der Waals surface area contributed by atoms with Gasteiger partial charge in [0.1, 0.15) is 10.6 Å². The molecule has 1 heterocycles. The van der Waals surface area contributed by atoms with Crippen LogP contribution in [0.15, 0.2) is 27.6 Å². The summed E-state index contributed by atoms with van der Waals surface area (Å²) in [6, 6.07) is 5.17. The van der Waals surface area contributed by atoms with Gasteiger partial charge in [0, 0.05) is 0 Å². The topological polar surface area (TPSA) is 101 Å². The molecule has 8 heteroatoms. The van der Waals surface area contributed by atoms with Gasteiger partial charge in [-0.15, -0.1) is 0 Å². The Labute approximate surface area is 165 Å². The molecule has 1 amide bonds. The van der Waals surface area contributed by atoms with Crippen molar-refractivity contribution >= 4 is 15.9 Å². The van der Waals surface area contributed by atoms with Gasteiger partial charge in [-0.25, -0.2) is 8.42 Å². The number of aryl methyl sites for hydroxylation is 4. The summed E-state index contributed by atoms with van der Waals surface area (Å²) in [6.45, 7) is 6.49. The minimum absolute atomic E-state index is 0.0186. The second kappa shape index (κ2) is 8.05. The van der Waals surface area contributed by atoms with Crippen LogP contribution >= 0.6 is 0 Å². The predicted molar refractivity (Wildman–Crippen MR) is 105 cm³/mol. The maximum atomic E-state index is 12.6. The highest BCUT2D eigenvalue weighted by atomic mass is 32.2. The Kier molecular flexibility index (Phi) is 5.90. The van der Waals surface area contributed by atoms with Crippen LogP contribution in [0.2, 0.25) is 0 Å². The number of nitrogens with one attached hydrogen (secondary N) is 2. The number of hydrogen-bond acceptors (Lipinski definition) is 5. The smallest absolute Gasteiger partial charge is 0.246 e. The van der Waals surface area contributed by atoms with Gasteiger partial charge >= 0.3 is 0 Å². The van der Waals surface area contributed by atoms with Crippen molar-refractivity contribution in [3.63, 3.8) is 0 Å². The third-order valence-corrected chi connectivity index (χ3v) is 6.98. The summed E-state index contributed by atoms with van der Waals surface area (Å²) < 4.78 is 32.5. The van der Waals surface area contributed by atoms with Gasteiger partial charge in [0.05, 0.1) is 12.1 Å². The molecule has 0 fully saturated rings. The molecule has 1 aromatic heterocycles. The summed E-state index contributed by atoms with van der Waals surface area (Å²) in [5.41, 5.74) is 4.01. The van der Waals surface area contributed by atoms with Crippen molar-refractivity contribution in [1.29, 1.82) is 0 Å². The standard InChI is InChI=1S/C20H27N3O4S/c1-12(17-10-9-16-7-5-6-8-18(16)11-17)21-20(24)14(3)23-28(25,26)19-13(2)22-27-15(19)4/h9-12,14,23H,5-8H2,1-4H3,(H,21,24). The van der Waals surface area contributed by atoms with Crippen LogP contribution in [0.4, 0.5) is 0 Å². The Morgan fingerprint density at radius 3 is 2.46 bits per heavy atom. The molecular weight excluding hydrogens is 378 g/mol. The average molecular weight is 406 g/mol. The minimum atomic E-state index is -3.90. The van der Waals surface area contributed by atoms with Crippen LogP contribution in [0.5, 0.6) is 0 Å². The van der Waals surface area contributed by atoms with Gasteiger partial charge in [0.15, 0.2) is 5.76 Å². The number of hydrogen-bond donors (Lipinski definition) is 2. The lowest BCUT2D eigenvalue weighted by atomic mass is 9.89. The first-order valence-electron chi connectivity index (χ1n) is 9.56. The number of sulfonamides is 1. The zero-order chi connectivity index (χ0) is 20.5. The van der Waals surface area contributed by atoms with Gasteiger partial charge in [-0.3, -0.25) is 4.79 Å². The van der Waals surface area contributed by atoms with Crippen LogP contribution in [0.3, 0.4) is 0 Å². The summed E-state index contributed by atoms with van der Waals surface area (Å²) in [6.07, 6.45) is 4.59. The summed E-state index contributed by atoms with van der Waals surface area (Å²) >= 11 is 0. The van der Waals surface area contributed by atoms with Crippen LogP contribution < -0.4 is 10.0 Å². The maximum absolute atomic E-state index is 12.6. The maximum Gasteiger partial charge on any atom is 0.246 e. The van der Waals surface area contributed by atoms with E-state index >= 15 is 0 Å². The number of benzene rings is 1. The van der Waals surface area contributed by atoms with E-state index in [1.54, 1.807) is 6.92 Å². The molecule has 1 aliphatic rings. The second-order valence-electron chi connectivity index (χ2n) is 7.46. The summed E-state index contributed by atoms with van der Waals surface area (Å²) in [7, 11) is -3.90. The third kappa shape index (κ3) is 4.28. The van der Waals surface area contributed by atoms with Crippen molar-refractivity contribution in [1.82, 2.24) is 15.2 Å². The lowest BCUT2D eigenvalue weighted by Gasteiger charge is -2.21. The molecule has 2 atom stereocenters. The number of rotatable bonds is 6. The Morgan fingerprint density at radius 2 is 1.82 bits per heavy atom. The molecule has 0 radical (unpaired) electrons. The number of carbonyl (C=O) groups is 1. The summed E-state index contributed by atoms with van der Waals surface area (Å²) in [5.74, 6) is -0.194. The molecule has 2 aromatic rings. The lowest BCUT2D eigenvalue weighted by Crippen LogP contribution is -2.45. The Bertz CT molecular complexity index is 962. The lowest BCUT2D eigenvalue weighted by molar-refractivity contribution is -0.123. The molecule has 7 nitrogen and oxygen atoms in total. The SMILES string of the molecule is Cc1noc(C)c1S(=O)(=O)NC(C)C(=O)NC(C)c1ccc2c(c1)CCCC2. The van der Waals surface area contributed by atoms with Gasteiger partial charge in [-0.1, -0.05) is 23.4 Å². The van der Waals surface area contributed by atoms with E-state index in [2.05, 4.69) is 27.3 Å². The first kappa shape index (κ1) is 20.5. The molecule has 0 spiro atoms. The molecule has 0 aliphatic heterocycles. The molecule has 0 bridgehead atoms. The quantitative estimate of drug-likeness (QED) is 0.769. The van der Waals surface area contributed by atoms with E-state index in [9.17, 15) is 13.2 Å². The molecular formula is C20H27N3O4S. The van der Waals surface area contributed by atoms with Crippen molar-refractivity contribution in [2.24, 2.45) is 0 Å². The van der Waals surface area contributed by atoms with E-state index in [0.29, 0.717) is 0 Å². The number of aromatic nitrogens is 1. The molecule has 0 saturated carbocycles. The fourth-order valence-corrected chi connectivity index (χ4v) is 5.18. The monoisotopic (exact) mass is 405 g/mol. The largest absolute Gasteiger partial charge is 0.360 e. The first-order chi connectivity index (χ1) is 13.2. The average Bonchev–Trinajstić information content (AvgIpc) is 3.00. The molecule has 152 valence electrons. The first-order valence-corrected chi connectivity index (χ1v) is 11.0. The van der Waals surface area contributed by atoms with Crippen molar-refractivity contribution in [2.45, 2.75) is 70.4 Å². The van der Waals surface area contributed by atoms with E-state index in [1.165, 1.54) is 37.8 Å². The highest BCUT2D eigenvalue weighted by Gasteiger charge is 2.28. The van der Waals surface area contributed by atoms with Crippen molar-refractivity contribution < 1.29 is 17.7 Å². The molecule has 28 heavy (non-hydrogen) atoms. The second-order valence-corrected chi connectivity index (χ2v) is 9.11. The van der Waals surface area contributed by atoms with Crippen LogP contribution in [0, 0.1) is 13.8 Å². The normalized spacial score (nSPS) is 16.3. The molecule has 3 rings (SSSR count). The number of nitrogens with zero attached hydrogens (tertiary/aromatic N) is 1. The zero-order valence-electron chi connectivity index (χ0n) is 16.7. The Balaban J connectivity index is 1.67. The van der Waals surface area contributed by atoms with Crippen molar-refractivity contribution in [3.8, 4) is 0 Å². The highest BCUT2D eigenvalue weighted by molar-refractivity contribution is 7.89. The third-order valence-electron chi connectivity index (χ3n) is 5.19. The molecule has 2 unspecified atom stereocenters. The Hall–Kier alpha value is -2.19. The molecule has 1 aromatic carbocycles. The van der Waals surface area contributed by atoms with Crippen LogP contribution in [0.1, 0.15) is 60.9 Å². The number of carbonyl (C=O) groups excluding carboxylic acids is 1. The summed E-state index contributed by atoms with van der Waals surface area (Å²) in [5, 5.41) is 6.56. The van der Waals surface area contributed by atoms with E-state index in [0.717, 1.165) is 18.4 Å². The van der Waals surface area contributed by atoms with Gasteiger partial charge in [-0.2, -0.15) is 4.72 Å². The fraction of sp³-hybridized carbons (Fsp3) is 0.500. The minimum Gasteiger partial charge on any atom is -0.360 e. The van der Waals surface area contributed by atoms with E-state index in [1.807, 2.05) is 13.0 Å². The number of fused-ring (bicyclic) bond motifs is 1. The van der Waals surface area contributed by atoms with E-state index in [4.69, 9.17) is 4.52 Å². The van der Waals surface area contributed by atoms with Gasteiger partial charge < -0.3 is 9.84 Å². The zero-order valence-corrected chi connectivity index (χ0v) is 17.5. The summed E-state index contributed by atoms with van der Waals surface area (Å²) in [4.78, 5) is 12.5. The molecule has 1 aliphatic carbocycles. The van der Waals surface area contributed by atoms with Crippen LogP contribution in [-0.4, -0.2) is 25.5 Å². The van der Waals surface area contributed by atoms with Gasteiger partial charge in [0.2, 0.25) is 15.9 Å². The van der Waals surface area contributed by atoms with Crippen LogP contribution in [-0.2, 0) is 27.7 Å². The number of amides is 1. The van der Waals surface area contributed by atoms with E-state index in [-0.39, 0.29) is 28.3 Å². The van der Waals surface area contributed by atoms with Crippen molar-refractivity contribution in [2.75, 3.05) is 0 Å². The Morgan fingerprint density at radius 1 is 1.14 bits per heavy atom. The fourth-order valence-electron chi connectivity index (χ4n) is 3.65. The molecule has 2 N–H and O–H groups in total. The van der Waals surface area contributed by atoms with Gasteiger partial charge in [0.25, 0.3) is 0 Å². The van der Waals surface area contributed by atoms with E-state index < -0.39 is 16.1 Å². The van der Waals surface area contributed by atoms with Gasteiger partial charge in [-0.05, 0) is 70.1 Å². The highest BCUT2D eigenvalue weighted by Crippen LogP contribution is 2.25. The van der Waals surface area contributed by atoms with Crippen molar-refractivity contribution in [3.05, 3.63) is 46.3 Å². The molecule has 0 saturated heterocycles. The predicted octanol–water partition coefficient (Wildman–Crippen LogP) is 2.71.